The third-order valence-corrected chi connectivity index (χ3v) is 15.0. The van der Waals surface area contributed by atoms with Crippen molar-refractivity contribution in [1.29, 1.82) is 0 Å². The Morgan fingerprint density at radius 1 is 0.970 bits per heavy atom. The highest BCUT2D eigenvalue weighted by molar-refractivity contribution is 7.90. The van der Waals surface area contributed by atoms with Gasteiger partial charge < -0.3 is 39.0 Å². The van der Waals surface area contributed by atoms with Crippen molar-refractivity contribution in [1.82, 2.24) is 19.6 Å². The molecule has 5 aliphatic rings. The second-order valence-electron chi connectivity index (χ2n) is 18.5. The van der Waals surface area contributed by atoms with Crippen LogP contribution >= 0.6 is 11.6 Å². The number of H-pyrrole nitrogens is 1. The number of aromatic amines is 1. The summed E-state index contributed by atoms with van der Waals surface area (Å²) in [4.78, 5) is 40.3. The van der Waals surface area contributed by atoms with E-state index in [4.69, 9.17) is 35.5 Å². The van der Waals surface area contributed by atoms with E-state index in [1.165, 1.54) is 22.8 Å². The molecule has 0 spiro atoms. The van der Waals surface area contributed by atoms with E-state index in [0.29, 0.717) is 55.7 Å². The fraction of sp³-hybridized carbons (Fsp3) is 0.417. The summed E-state index contributed by atoms with van der Waals surface area (Å²) >= 11 is 6.28. The van der Waals surface area contributed by atoms with Gasteiger partial charge in [0.05, 0.1) is 53.5 Å². The van der Waals surface area contributed by atoms with Crippen LogP contribution in [0.1, 0.15) is 55.5 Å². The molecule has 0 bridgehead atoms. The van der Waals surface area contributed by atoms with Crippen molar-refractivity contribution in [2.45, 2.75) is 56.6 Å². The summed E-state index contributed by atoms with van der Waals surface area (Å²) in [5.41, 5.74) is 6.51. The quantitative estimate of drug-likeness (QED) is 0.0918. The summed E-state index contributed by atoms with van der Waals surface area (Å²) in [6, 6.07) is 19.1. The molecule has 3 N–H and O–H groups in total. The van der Waals surface area contributed by atoms with Gasteiger partial charge in [-0.2, -0.15) is 4.98 Å². The predicted octanol–water partition coefficient (Wildman–Crippen LogP) is 7.54. The van der Waals surface area contributed by atoms with Gasteiger partial charge in [-0.25, -0.2) is 13.1 Å². The summed E-state index contributed by atoms with van der Waals surface area (Å²) < 4.78 is 53.8. The molecule has 17 nitrogen and oxygen atoms in total. The number of allylic oxidation sites excluding steroid dienone is 1. The lowest BCUT2D eigenvalue weighted by molar-refractivity contribution is -0.384. The van der Waals surface area contributed by atoms with Crippen LogP contribution in [0.4, 0.5) is 28.4 Å². The number of nitro benzene ring substituents is 1. The lowest BCUT2D eigenvalue weighted by Gasteiger charge is -2.39. The monoisotopic (exact) mass is 952 g/mol. The van der Waals surface area contributed by atoms with Crippen molar-refractivity contribution < 1.29 is 37.1 Å². The molecule has 352 valence electrons. The molecule has 1 aliphatic carbocycles. The number of sulfonamides is 1. The Bertz CT molecular complexity index is 2860. The molecule has 2 atom stereocenters. The number of fused-ring (bicyclic) bond motifs is 3. The average Bonchev–Trinajstić information content (AvgIpc) is 3.69. The number of hydrogen-bond donors (Lipinski definition) is 3. The Labute approximate surface area is 393 Å². The minimum atomic E-state index is -4.69. The number of carbonyl (C=O) groups excluding carboxylic acids is 1. The zero-order valence-electron chi connectivity index (χ0n) is 37.4. The van der Waals surface area contributed by atoms with Crippen molar-refractivity contribution in [3.8, 4) is 11.6 Å². The fourth-order valence-electron chi connectivity index (χ4n) is 9.76. The largest absolute Gasteiger partial charge is 0.489 e. The Kier molecular flexibility index (Phi) is 12.3. The zero-order valence-corrected chi connectivity index (χ0v) is 39.0. The SMILES string of the molecule is CC1(C)CCC(CN2CCN(c3ccc(C(=O)NS(=O)(=O)c4cc5c(c([N+](=O)[O-])c4)N[C@@H]([C@H]4COCCO4)CO5)c(N4CCCOc5nc6[nH]ccc6cc54)c3)CC2)=C(c2ccc(Cl)cc2)C1. The molecular formula is C48H53ClN8O9S. The summed E-state index contributed by atoms with van der Waals surface area (Å²) in [6.07, 6.45) is 5.14. The first-order valence-corrected chi connectivity index (χ1v) is 24.6. The van der Waals surface area contributed by atoms with Gasteiger partial charge in [-0.15, -0.1) is 0 Å². The van der Waals surface area contributed by atoms with Crippen LogP contribution in [0.2, 0.25) is 5.02 Å². The van der Waals surface area contributed by atoms with Gasteiger partial charge in [0, 0.05) is 73.7 Å². The molecule has 0 radical (unpaired) electrons. The first kappa shape index (κ1) is 44.9. The second kappa shape index (κ2) is 18.3. The molecule has 67 heavy (non-hydrogen) atoms. The number of halogens is 1. The normalized spacial score (nSPS) is 21.1. The highest BCUT2D eigenvalue weighted by Gasteiger charge is 2.37. The Hall–Kier alpha value is -5.92. The standard InChI is InChI=1S/C48H53ClN8O9S/c1-48(2)12-10-32(37(26-48)30-4-6-33(49)7-5-30)27-54-15-17-55(18-16-54)34-8-9-36(39(23-34)56-14-3-19-65-47-41(56)22-31-11-13-50-45(31)52-47)46(58)53-67(61,62)35-24-40(57(59)60)44-42(25-35)66-28-38(51-44)43-29-63-20-21-64-43/h4-9,11,13,22-25,38,43,51H,3,10,12,14-21,26-29H2,1-2H3,(H,50,52)(H,53,58)/t38-,43-/m1/s1. The van der Waals surface area contributed by atoms with Gasteiger partial charge in [0.25, 0.3) is 21.6 Å². The number of piperazine rings is 1. The molecule has 6 heterocycles. The summed E-state index contributed by atoms with van der Waals surface area (Å²) in [5, 5.41) is 17.1. The molecule has 2 aromatic heterocycles. The van der Waals surface area contributed by atoms with Crippen molar-refractivity contribution in [2.24, 2.45) is 5.41 Å². The Morgan fingerprint density at radius 3 is 2.57 bits per heavy atom. The Morgan fingerprint density at radius 2 is 1.79 bits per heavy atom. The third-order valence-electron chi connectivity index (χ3n) is 13.4. The smallest absolute Gasteiger partial charge is 0.297 e. The predicted molar refractivity (Wildman–Crippen MR) is 256 cm³/mol. The highest BCUT2D eigenvalue weighted by atomic mass is 35.5. The fourth-order valence-corrected chi connectivity index (χ4v) is 10.9. The van der Waals surface area contributed by atoms with Crippen LogP contribution in [0.15, 0.2) is 83.4 Å². The number of amides is 1. The van der Waals surface area contributed by atoms with Crippen molar-refractivity contribution in [3.05, 3.63) is 105 Å². The number of ether oxygens (including phenoxy) is 4. The average molecular weight is 954 g/mol. The van der Waals surface area contributed by atoms with Crippen LogP contribution in [0.5, 0.6) is 11.6 Å². The molecule has 1 amide bonds. The minimum absolute atomic E-state index is 0.0180. The van der Waals surface area contributed by atoms with Crippen LogP contribution < -0.4 is 29.3 Å². The lowest BCUT2D eigenvalue weighted by atomic mass is 9.72. The van der Waals surface area contributed by atoms with Crippen molar-refractivity contribution in [3.63, 3.8) is 0 Å². The highest BCUT2D eigenvalue weighted by Crippen LogP contribution is 2.45. The number of aromatic nitrogens is 2. The van der Waals surface area contributed by atoms with Crippen LogP contribution in [0.3, 0.4) is 0 Å². The molecular weight excluding hydrogens is 900 g/mol. The maximum absolute atomic E-state index is 14.5. The van der Waals surface area contributed by atoms with E-state index in [1.54, 1.807) is 12.3 Å². The number of hydrogen-bond acceptors (Lipinski definition) is 14. The van der Waals surface area contributed by atoms with Crippen molar-refractivity contribution in [2.75, 3.05) is 87.4 Å². The molecule has 0 unspecified atom stereocenters. The summed E-state index contributed by atoms with van der Waals surface area (Å²) in [6.45, 7) is 10.6. The molecule has 2 fully saturated rings. The molecule has 5 aromatic rings. The number of nitrogens with one attached hydrogen (secondary N) is 3. The molecule has 4 aliphatic heterocycles. The minimum Gasteiger partial charge on any atom is -0.489 e. The van der Waals surface area contributed by atoms with Crippen LogP contribution in [0.25, 0.3) is 16.6 Å². The van der Waals surface area contributed by atoms with E-state index in [2.05, 4.69) is 50.8 Å². The number of anilines is 4. The number of benzene rings is 3. The number of carbonyl (C=O) groups is 1. The van der Waals surface area contributed by atoms with E-state index in [9.17, 15) is 23.3 Å². The van der Waals surface area contributed by atoms with E-state index in [0.717, 1.165) is 74.1 Å². The van der Waals surface area contributed by atoms with E-state index < -0.39 is 43.6 Å². The number of rotatable bonds is 10. The topological polar surface area (TPSA) is 194 Å². The molecule has 3 aromatic carbocycles. The maximum Gasteiger partial charge on any atom is 0.297 e. The van der Waals surface area contributed by atoms with Gasteiger partial charge in [-0.05, 0) is 84.7 Å². The zero-order chi connectivity index (χ0) is 46.5. The van der Waals surface area contributed by atoms with Crippen LogP contribution in [-0.2, 0) is 19.5 Å². The summed E-state index contributed by atoms with van der Waals surface area (Å²) in [5.74, 6) is -0.571. The van der Waals surface area contributed by atoms with Crippen LogP contribution in [0, 0.1) is 15.5 Å². The number of nitrogens with zero attached hydrogens (tertiary/aromatic N) is 5. The van der Waals surface area contributed by atoms with Crippen molar-refractivity contribution >= 4 is 72.6 Å². The molecule has 2 saturated heterocycles. The third kappa shape index (κ3) is 9.37. The van der Waals surface area contributed by atoms with Gasteiger partial charge in [0.1, 0.15) is 24.0 Å². The second-order valence-corrected chi connectivity index (χ2v) is 20.6. The Balaban J connectivity index is 0.936. The van der Waals surface area contributed by atoms with E-state index in [1.807, 2.05) is 41.3 Å². The van der Waals surface area contributed by atoms with Gasteiger partial charge in [-0.3, -0.25) is 19.8 Å². The first-order chi connectivity index (χ1) is 32.3. The van der Waals surface area contributed by atoms with Gasteiger partial charge in [-0.1, -0.05) is 43.2 Å². The van der Waals surface area contributed by atoms with Crippen LogP contribution in [-0.4, -0.2) is 119 Å². The lowest BCUT2D eigenvalue weighted by Crippen LogP contribution is -2.47. The maximum atomic E-state index is 14.5. The van der Waals surface area contributed by atoms with E-state index in [-0.39, 0.29) is 35.6 Å². The number of nitro groups is 1. The molecule has 10 rings (SSSR count). The summed E-state index contributed by atoms with van der Waals surface area (Å²) in [7, 11) is -4.69. The molecule has 19 heteroatoms. The van der Waals surface area contributed by atoms with Gasteiger partial charge in [0.15, 0.2) is 11.4 Å². The molecule has 0 saturated carbocycles. The number of pyridine rings is 1. The van der Waals surface area contributed by atoms with E-state index >= 15 is 0 Å². The van der Waals surface area contributed by atoms with Gasteiger partial charge >= 0.3 is 0 Å². The first-order valence-electron chi connectivity index (χ1n) is 22.7. The van der Waals surface area contributed by atoms with Gasteiger partial charge in [0.2, 0.25) is 5.88 Å².